The summed E-state index contributed by atoms with van der Waals surface area (Å²) in [7, 11) is 0. The van der Waals surface area contributed by atoms with Crippen molar-refractivity contribution in [3.8, 4) is 0 Å². The number of nitrogens with one attached hydrogen (secondary N) is 2. The maximum Gasteiger partial charge on any atom is 0.335 e. The minimum absolute atomic E-state index is 0.193. The highest BCUT2D eigenvalue weighted by atomic mass is 16.4. The average molecular weight is 382 g/mol. The highest BCUT2D eigenvalue weighted by Gasteiger charge is 2.23. The Bertz CT molecular complexity index is 844. The molecule has 0 radical (unpaired) electrons. The monoisotopic (exact) mass is 382 g/mol. The van der Waals surface area contributed by atoms with Crippen LogP contribution in [-0.4, -0.2) is 28.9 Å². The summed E-state index contributed by atoms with van der Waals surface area (Å²) < 4.78 is 0. The molecule has 2 aromatic carbocycles. The van der Waals surface area contributed by atoms with E-state index in [1.54, 1.807) is 24.3 Å². The highest BCUT2D eigenvalue weighted by Crippen LogP contribution is 2.11. The third kappa shape index (κ3) is 5.94. The van der Waals surface area contributed by atoms with Gasteiger partial charge in [0.05, 0.1) is 5.56 Å². The van der Waals surface area contributed by atoms with Crippen LogP contribution in [0.5, 0.6) is 0 Å². The number of amides is 2. The minimum Gasteiger partial charge on any atom is -0.478 e. The van der Waals surface area contributed by atoms with Crippen LogP contribution in [0.15, 0.2) is 48.5 Å². The lowest BCUT2D eigenvalue weighted by molar-refractivity contribution is -0.123. The van der Waals surface area contributed by atoms with Crippen LogP contribution in [0.4, 0.5) is 0 Å². The van der Waals surface area contributed by atoms with Crippen molar-refractivity contribution in [2.45, 2.75) is 39.8 Å². The summed E-state index contributed by atoms with van der Waals surface area (Å²) in [5.41, 5.74) is 2.38. The fraction of sp³-hybridized carbons (Fsp3) is 0.318. The Kier molecular flexibility index (Phi) is 7.32. The van der Waals surface area contributed by atoms with Crippen molar-refractivity contribution in [2.24, 2.45) is 5.92 Å². The number of carbonyl (C=O) groups is 3. The number of hydrogen-bond donors (Lipinski definition) is 3. The predicted molar refractivity (Wildman–Crippen MR) is 107 cm³/mol. The lowest BCUT2D eigenvalue weighted by atomic mass is 10.0. The first kappa shape index (κ1) is 21.2. The van der Waals surface area contributed by atoms with E-state index in [0.717, 1.165) is 11.1 Å². The first-order valence-corrected chi connectivity index (χ1v) is 9.24. The third-order valence-corrected chi connectivity index (χ3v) is 4.39. The Morgan fingerprint density at radius 1 is 1.00 bits per heavy atom. The van der Waals surface area contributed by atoms with E-state index in [0.29, 0.717) is 12.0 Å². The van der Waals surface area contributed by atoms with Crippen LogP contribution in [0.25, 0.3) is 0 Å². The maximum atomic E-state index is 12.7. The normalized spacial score (nSPS) is 11.7. The van der Waals surface area contributed by atoms with Crippen LogP contribution in [-0.2, 0) is 11.3 Å². The largest absolute Gasteiger partial charge is 0.478 e. The molecule has 148 valence electrons. The Hall–Kier alpha value is -3.15. The first-order valence-electron chi connectivity index (χ1n) is 9.24. The van der Waals surface area contributed by atoms with E-state index in [-0.39, 0.29) is 29.8 Å². The summed E-state index contributed by atoms with van der Waals surface area (Å²) in [6, 6.07) is 12.9. The van der Waals surface area contributed by atoms with Crippen molar-refractivity contribution >= 4 is 17.8 Å². The molecule has 0 spiro atoms. The Labute approximate surface area is 165 Å². The molecule has 2 amide bonds. The summed E-state index contributed by atoms with van der Waals surface area (Å²) in [6.07, 6.45) is 0.515. The summed E-state index contributed by atoms with van der Waals surface area (Å²) in [6.45, 7) is 6.09. The molecule has 0 aliphatic rings. The number of carbonyl (C=O) groups excluding carboxylic acids is 2. The van der Waals surface area contributed by atoms with Crippen molar-refractivity contribution in [1.82, 2.24) is 10.6 Å². The molecule has 0 saturated carbocycles. The van der Waals surface area contributed by atoms with Crippen LogP contribution in [0.1, 0.15) is 52.1 Å². The maximum absolute atomic E-state index is 12.7. The van der Waals surface area contributed by atoms with Gasteiger partial charge in [0.25, 0.3) is 5.91 Å². The Morgan fingerprint density at radius 3 is 2.21 bits per heavy atom. The van der Waals surface area contributed by atoms with Crippen molar-refractivity contribution in [3.05, 3.63) is 70.8 Å². The van der Waals surface area contributed by atoms with E-state index in [9.17, 15) is 14.4 Å². The van der Waals surface area contributed by atoms with E-state index < -0.39 is 12.0 Å². The van der Waals surface area contributed by atoms with Gasteiger partial charge >= 0.3 is 5.97 Å². The lowest BCUT2D eigenvalue weighted by Crippen LogP contribution is -2.47. The molecule has 1 unspecified atom stereocenters. The molecule has 28 heavy (non-hydrogen) atoms. The second kappa shape index (κ2) is 9.69. The number of carboxylic acids is 1. The third-order valence-electron chi connectivity index (χ3n) is 4.39. The average Bonchev–Trinajstić information content (AvgIpc) is 2.65. The second-order valence-corrected chi connectivity index (χ2v) is 7.19. The molecular weight excluding hydrogens is 356 g/mol. The number of benzene rings is 2. The molecule has 3 N–H and O–H groups in total. The van der Waals surface area contributed by atoms with Crippen molar-refractivity contribution in [2.75, 3.05) is 0 Å². The smallest absolute Gasteiger partial charge is 0.335 e. The number of rotatable bonds is 8. The molecule has 0 aromatic heterocycles. The number of aromatic carboxylic acids is 1. The Morgan fingerprint density at radius 2 is 1.64 bits per heavy atom. The van der Waals surface area contributed by atoms with E-state index in [2.05, 4.69) is 10.6 Å². The summed E-state index contributed by atoms with van der Waals surface area (Å²) in [4.78, 5) is 36.2. The summed E-state index contributed by atoms with van der Waals surface area (Å²) in [5, 5.41) is 14.6. The number of aryl methyl sites for hydroxylation is 1. The van der Waals surface area contributed by atoms with E-state index in [4.69, 9.17) is 5.11 Å². The van der Waals surface area contributed by atoms with Gasteiger partial charge < -0.3 is 15.7 Å². The zero-order chi connectivity index (χ0) is 20.7. The van der Waals surface area contributed by atoms with Gasteiger partial charge in [0.15, 0.2) is 0 Å². The van der Waals surface area contributed by atoms with E-state index in [1.807, 2.05) is 32.9 Å². The molecular formula is C22H26N2O4. The minimum atomic E-state index is -0.994. The molecule has 6 heteroatoms. The van der Waals surface area contributed by atoms with Crippen LogP contribution in [0.3, 0.4) is 0 Å². The zero-order valence-electron chi connectivity index (χ0n) is 16.4. The summed E-state index contributed by atoms with van der Waals surface area (Å²) in [5.74, 6) is -1.31. The van der Waals surface area contributed by atoms with Crippen LogP contribution >= 0.6 is 0 Å². The van der Waals surface area contributed by atoms with E-state index in [1.165, 1.54) is 12.1 Å². The number of carboxylic acid groups (broad SMARTS) is 1. The quantitative estimate of drug-likeness (QED) is 0.653. The summed E-state index contributed by atoms with van der Waals surface area (Å²) >= 11 is 0. The van der Waals surface area contributed by atoms with Gasteiger partial charge in [0.1, 0.15) is 6.04 Å². The van der Waals surface area contributed by atoms with Gasteiger partial charge in [0.2, 0.25) is 5.91 Å². The molecule has 0 heterocycles. The first-order chi connectivity index (χ1) is 13.3. The van der Waals surface area contributed by atoms with Crippen molar-refractivity contribution in [1.29, 1.82) is 0 Å². The van der Waals surface area contributed by atoms with Crippen LogP contribution in [0, 0.1) is 12.8 Å². The molecule has 0 bridgehead atoms. The molecule has 0 saturated heterocycles. The van der Waals surface area contributed by atoms with Crippen molar-refractivity contribution in [3.63, 3.8) is 0 Å². The van der Waals surface area contributed by atoms with Crippen LogP contribution < -0.4 is 10.6 Å². The number of hydrogen-bond acceptors (Lipinski definition) is 3. The molecule has 0 aliphatic heterocycles. The molecule has 0 aliphatic carbocycles. The van der Waals surface area contributed by atoms with Crippen LogP contribution in [0.2, 0.25) is 0 Å². The highest BCUT2D eigenvalue weighted by molar-refractivity contribution is 5.98. The van der Waals surface area contributed by atoms with Crippen molar-refractivity contribution < 1.29 is 19.5 Å². The molecule has 1 atom stereocenters. The predicted octanol–water partition coefficient (Wildman–Crippen LogP) is 3.15. The van der Waals surface area contributed by atoms with Gasteiger partial charge in [-0.05, 0) is 48.6 Å². The van der Waals surface area contributed by atoms with Gasteiger partial charge in [-0.2, -0.15) is 0 Å². The van der Waals surface area contributed by atoms with E-state index >= 15 is 0 Å². The van der Waals surface area contributed by atoms with Gasteiger partial charge in [-0.3, -0.25) is 9.59 Å². The molecule has 6 nitrogen and oxygen atoms in total. The van der Waals surface area contributed by atoms with Gasteiger partial charge in [-0.25, -0.2) is 4.79 Å². The Balaban J connectivity index is 2.03. The topological polar surface area (TPSA) is 95.5 Å². The van der Waals surface area contributed by atoms with Gasteiger partial charge in [-0.15, -0.1) is 0 Å². The van der Waals surface area contributed by atoms with Gasteiger partial charge in [-0.1, -0.05) is 44.2 Å². The molecule has 2 aromatic rings. The SMILES string of the molecule is Cc1ccccc1C(=O)NC(CC(C)C)C(=O)NCc1ccc(C(=O)O)cc1. The second-order valence-electron chi connectivity index (χ2n) is 7.19. The fourth-order valence-corrected chi connectivity index (χ4v) is 2.84. The lowest BCUT2D eigenvalue weighted by Gasteiger charge is -2.21. The molecule has 2 rings (SSSR count). The van der Waals surface area contributed by atoms with Gasteiger partial charge in [0, 0.05) is 12.1 Å². The standard InChI is InChI=1S/C22H26N2O4/c1-14(2)12-19(24-20(25)18-7-5-4-6-15(18)3)21(26)23-13-16-8-10-17(11-9-16)22(27)28/h4-11,14,19H,12-13H2,1-3H3,(H,23,26)(H,24,25)(H,27,28). The molecule has 0 fully saturated rings. The zero-order valence-corrected chi connectivity index (χ0v) is 16.4. The fourth-order valence-electron chi connectivity index (χ4n) is 2.84.